The number of carbonyl (C=O) groups excluding carboxylic acids is 1. The Morgan fingerprint density at radius 3 is 2.67 bits per heavy atom. The Morgan fingerprint density at radius 2 is 1.96 bits per heavy atom. The maximum atomic E-state index is 12.2. The minimum absolute atomic E-state index is 0.161. The highest BCUT2D eigenvalue weighted by atomic mass is 16.4. The zero-order chi connectivity index (χ0) is 17.1. The van der Waals surface area contributed by atoms with Crippen molar-refractivity contribution in [3.05, 3.63) is 63.7 Å². The average Bonchev–Trinajstić information content (AvgIpc) is 2.56. The molecule has 1 N–H and O–H groups in total. The number of amides is 1. The number of hydrazone groups is 1. The van der Waals surface area contributed by atoms with Crippen molar-refractivity contribution in [1.29, 1.82) is 0 Å². The van der Waals surface area contributed by atoms with Crippen LogP contribution in [0, 0.1) is 0 Å². The van der Waals surface area contributed by atoms with E-state index >= 15 is 0 Å². The summed E-state index contributed by atoms with van der Waals surface area (Å²) in [6.45, 7) is 0. The molecule has 3 rings (SSSR count). The van der Waals surface area contributed by atoms with Crippen LogP contribution in [0.1, 0.15) is 34.5 Å². The van der Waals surface area contributed by atoms with Crippen LogP contribution in [-0.4, -0.2) is 30.7 Å². The van der Waals surface area contributed by atoms with E-state index in [1.165, 1.54) is 0 Å². The summed E-state index contributed by atoms with van der Waals surface area (Å²) in [6.07, 6.45) is 2.49. The second kappa shape index (κ2) is 6.70. The van der Waals surface area contributed by atoms with Gasteiger partial charge in [-0.2, -0.15) is 5.10 Å². The summed E-state index contributed by atoms with van der Waals surface area (Å²) in [6, 6.07) is 10.5. The number of hydrogen-bond acceptors (Lipinski definition) is 5. The van der Waals surface area contributed by atoms with Gasteiger partial charge in [-0.15, -0.1) is 0 Å². The summed E-state index contributed by atoms with van der Waals surface area (Å²) in [5.74, 6) is 0.193. The first kappa shape index (κ1) is 16.0. The smallest absolute Gasteiger partial charge is 0.360 e. The fourth-order valence-corrected chi connectivity index (χ4v) is 2.71. The Hall–Kier alpha value is -2.89. The van der Waals surface area contributed by atoms with Gasteiger partial charge in [0.05, 0.1) is 0 Å². The topological polar surface area (TPSA) is 74.9 Å². The molecule has 0 spiro atoms. The van der Waals surface area contributed by atoms with Crippen LogP contribution in [0.4, 0.5) is 5.69 Å². The highest BCUT2D eigenvalue weighted by molar-refractivity contribution is 6.04. The summed E-state index contributed by atoms with van der Waals surface area (Å²) in [5, 5.41) is 8.71. The van der Waals surface area contributed by atoms with Gasteiger partial charge < -0.3 is 14.7 Å². The second-order valence-electron chi connectivity index (χ2n) is 5.87. The first-order valence-corrected chi connectivity index (χ1v) is 7.83. The van der Waals surface area contributed by atoms with Crippen LogP contribution in [0.15, 0.2) is 50.7 Å². The molecule has 2 aromatic rings. The van der Waals surface area contributed by atoms with Crippen LogP contribution >= 0.6 is 0 Å². The fraction of sp³-hybridized carbons (Fsp3) is 0.278. The minimum Gasteiger partial charge on any atom is -0.420 e. The zero-order valence-corrected chi connectivity index (χ0v) is 13.7. The van der Waals surface area contributed by atoms with E-state index in [1.807, 2.05) is 20.2 Å². The molecule has 1 aliphatic rings. The Kier molecular flexibility index (Phi) is 4.46. The van der Waals surface area contributed by atoms with E-state index in [0.717, 1.165) is 30.5 Å². The van der Waals surface area contributed by atoms with Crippen molar-refractivity contribution >= 4 is 17.3 Å². The molecule has 1 amide bonds. The molecule has 24 heavy (non-hydrogen) atoms. The third-order valence-electron chi connectivity index (χ3n) is 3.75. The van der Waals surface area contributed by atoms with Crippen LogP contribution in [0.5, 0.6) is 0 Å². The predicted octanol–water partition coefficient (Wildman–Crippen LogP) is 2.49. The molecular formula is C18H19N3O3. The summed E-state index contributed by atoms with van der Waals surface area (Å²) < 4.78 is 5.45. The van der Waals surface area contributed by atoms with Crippen molar-refractivity contribution in [3.8, 4) is 0 Å². The van der Waals surface area contributed by atoms with E-state index in [1.54, 1.807) is 35.3 Å². The molecule has 6 heteroatoms. The van der Waals surface area contributed by atoms with Gasteiger partial charge in [-0.1, -0.05) is 18.2 Å². The van der Waals surface area contributed by atoms with E-state index in [-0.39, 0.29) is 11.6 Å². The molecule has 1 heterocycles. The normalized spacial score (nSPS) is 15.0. The van der Waals surface area contributed by atoms with E-state index in [9.17, 15) is 9.59 Å². The molecule has 0 fully saturated rings. The maximum Gasteiger partial charge on any atom is 0.360 e. The lowest BCUT2D eigenvalue weighted by Crippen LogP contribution is -2.23. The van der Waals surface area contributed by atoms with Crippen molar-refractivity contribution in [2.75, 3.05) is 19.4 Å². The standard InChI is InChI=1S/C18H19N3O3/c1-21(2)20-14-10-6-9-13-11-15(18(23)24-16(13)14)19-17(22)12-7-4-3-5-8-12/h3-5,7-8,11H,6,9-10H2,1-2H3,(H,19,22)/b20-14-. The number of rotatable bonds is 3. The Labute approximate surface area is 139 Å². The SMILES string of the molecule is CN(C)/N=C1/CCCc2cc(NC(=O)c3ccccc3)c(=O)oc21. The molecule has 6 nitrogen and oxygen atoms in total. The Morgan fingerprint density at radius 1 is 1.21 bits per heavy atom. The maximum absolute atomic E-state index is 12.2. The van der Waals surface area contributed by atoms with Crippen molar-refractivity contribution < 1.29 is 9.21 Å². The van der Waals surface area contributed by atoms with Gasteiger partial charge in [-0.3, -0.25) is 4.79 Å². The molecule has 1 aromatic carbocycles. The highest BCUT2D eigenvalue weighted by Crippen LogP contribution is 2.23. The van der Waals surface area contributed by atoms with E-state index in [4.69, 9.17) is 4.42 Å². The van der Waals surface area contributed by atoms with Crippen molar-refractivity contribution in [1.82, 2.24) is 5.01 Å². The van der Waals surface area contributed by atoms with Crippen LogP contribution < -0.4 is 10.9 Å². The summed E-state index contributed by atoms with van der Waals surface area (Å²) in [4.78, 5) is 24.5. The average molecular weight is 325 g/mol. The lowest BCUT2D eigenvalue weighted by Gasteiger charge is -2.18. The quantitative estimate of drug-likeness (QED) is 0.880. The van der Waals surface area contributed by atoms with Gasteiger partial charge >= 0.3 is 5.63 Å². The number of nitrogens with one attached hydrogen (secondary N) is 1. The first-order valence-electron chi connectivity index (χ1n) is 7.83. The molecule has 124 valence electrons. The van der Waals surface area contributed by atoms with Crippen molar-refractivity contribution in [2.24, 2.45) is 5.10 Å². The molecule has 0 radical (unpaired) electrons. The molecule has 0 saturated heterocycles. The number of aryl methyl sites for hydroxylation is 1. The van der Waals surface area contributed by atoms with E-state index in [2.05, 4.69) is 10.4 Å². The van der Waals surface area contributed by atoms with E-state index < -0.39 is 5.63 Å². The van der Waals surface area contributed by atoms with Gasteiger partial charge in [0.15, 0.2) is 5.76 Å². The van der Waals surface area contributed by atoms with Gasteiger partial charge in [0.25, 0.3) is 5.91 Å². The molecule has 0 atom stereocenters. The number of carbonyl (C=O) groups is 1. The minimum atomic E-state index is -0.564. The highest BCUT2D eigenvalue weighted by Gasteiger charge is 2.22. The molecule has 0 unspecified atom stereocenters. The predicted molar refractivity (Wildman–Crippen MR) is 92.5 cm³/mol. The van der Waals surface area contributed by atoms with Gasteiger partial charge in [-0.05, 0) is 43.0 Å². The van der Waals surface area contributed by atoms with Gasteiger partial charge in [0.1, 0.15) is 11.4 Å². The zero-order valence-electron chi connectivity index (χ0n) is 13.7. The molecule has 0 saturated carbocycles. The van der Waals surface area contributed by atoms with E-state index in [0.29, 0.717) is 11.3 Å². The molecule has 0 bridgehead atoms. The number of benzene rings is 1. The summed E-state index contributed by atoms with van der Waals surface area (Å²) >= 11 is 0. The molecule has 0 aliphatic heterocycles. The monoisotopic (exact) mass is 325 g/mol. The summed E-state index contributed by atoms with van der Waals surface area (Å²) in [7, 11) is 3.65. The lowest BCUT2D eigenvalue weighted by molar-refractivity contribution is 0.102. The molecule has 1 aliphatic carbocycles. The third-order valence-corrected chi connectivity index (χ3v) is 3.75. The van der Waals surface area contributed by atoms with Crippen molar-refractivity contribution in [2.45, 2.75) is 19.3 Å². The summed E-state index contributed by atoms with van der Waals surface area (Å²) in [5.41, 5.74) is 1.74. The fourth-order valence-electron chi connectivity index (χ4n) is 2.71. The van der Waals surface area contributed by atoms with Crippen LogP contribution in [0.2, 0.25) is 0 Å². The molecule has 1 aromatic heterocycles. The van der Waals surface area contributed by atoms with Gasteiger partial charge in [-0.25, -0.2) is 4.79 Å². The Bertz CT molecular complexity index is 838. The third kappa shape index (κ3) is 3.37. The first-order chi connectivity index (χ1) is 11.5. The van der Waals surface area contributed by atoms with Crippen LogP contribution in [-0.2, 0) is 6.42 Å². The van der Waals surface area contributed by atoms with Gasteiger partial charge in [0.2, 0.25) is 0 Å². The second-order valence-corrected chi connectivity index (χ2v) is 5.87. The Balaban J connectivity index is 1.92. The number of anilines is 1. The number of fused-ring (bicyclic) bond motifs is 1. The largest absolute Gasteiger partial charge is 0.420 e. The number of nitrogens with zero attached hydrogens (tertiary/aromatic N) is 2. The van der Waals surface area contributed by atoms with Crippen molar-refractivity contribution in [3.63, 3.8) is 0 Å². The van der Waals surface area contributed by atoms with Gasteiger partial charge in [0, 0.05) is 19.7 Å². The number of hydrogen-bond donors (Lipinski definition) is 1. The van der Waals surface area contributed by atoms with Crippen LogP contribution in [0.3, 0.4) is 0 Å². The molecular weight excluding hydrogens is 306 g/mol. The van der Waals surface area contributed by atoms with Crippen LogP contribution in [0.25, 0.3) is 0 Å². The lowest BCUT2D eigenvalue weighted by atomic mass is 9.95.